The average Bonchev–Trinajstić information content (AvgIpc) is 2.33. The Morgan fingerprint density at radius 1 is 1.42 bits per heavy atom. The summed E-state index contributed by atoms with van der Waals surface area (Å²) in [5.41, 5.74) is 0.119. The van der Waals surface area contributed by atoms with E-state index in [9.17, 15) is 13.6 Å². The summed E-state index contributed by atoms with van der Waals surface area (Å²) in [5.74, 6) is -1.12. The largest absolute Gasteiger partial charge is 0.310 e. The molecule has 0 unspecified atom stereocenters. The molecular weight excluding hydrogens is 252 g/mol. The number of benzene rings is 1. The molecule has 0 bridgehead atoms. The van der Waals surface area contributed by atoms with E-state index >= 15 is 0 Å². The lowest BCUT2D eigenvalue weighted by molar-refractivity contribution is -0.115. The molecule has 4 nitrogen and oxygen atoms in total. The van der Waals surface area contributed by atoms with Crippen LogP contribution in [0.4, 0.5) is 14.6 Å². The van der Waals surface area contributed by atoms with Gasteiger partial charge < -0.3 is 5.32 Å². The molecule has 0 saturated carbocycles. The lowest BCUT2D eigenvalue weighted by Crippen LogP contribution is -2.16. The topological polar surface area (TPSA) is 54.9 Å². The molecule has 0 aliphatic rings. The van der Waals surface area contributed by atoms with Crippen LogP contribution in [0.5, 0.6) is 0 Å². The minimum Gasteiger partial charge on any atom is -0.310 e. The Morgan fingerprint density at radius 3 is 2.89 bits per heavy atom. The van der Waals surface area contributed by atoms with E-state index in [0.29, 0.717) is 11.6 Å². The van der Waals surface area contributed by atoms with E-state index in [1.165, 1.54) is 12.1 Å². The van der Waals surface area contributed by atoms with Crippen LogP contribution in [0.3, 0.4) is 0 Å². The molecule has 0 saturated heterocycles. The minimum absolute atomic E-state index is 0.119. The number of hydrogen-bond acceptors (Lipinski definition) is 3. The molecule has 0 spiro atoms. The molecule has 0 fully saturated rings. The Balaban J connectivity index is 2.05. The molecule has 1 amide bonds. The Bertz CT molecular complexity index is 617. The van der Waals surface area contributed by atoms with Crippen molar-refractivity contribution in [2.24, 2.45) is 0 Å². The first-order valence-corrected chi connectivity index (χ1v) is 5.50. The molecule has 19 heavy (non-hydrogen) atoms. The highest BCUT2D eigenvalue weighted by Gasteiger charge is 2.10. The third-order valence-corrected chi connectivity index (χ3v) is 2.34. The van der Waals surface area contributed by atoms with Gasteiger partial charge in [0.05, 0.1) is 12.6 Å². The van der Waals surface area contributed by atoms with E-state index in [2.05, 4.69) is 21.5 Å². The van der Waals surface area contributed by atoms with Crippen molar-refractivity contribution in [3.63, 3.8) is 0 Å². The number of halogens is 2. The molecule has 6 heteroatoms. The molecule has 2 rings (SSSR count). The van der Waals surface area contributed by atoms with Crippen molar-refractivity contribution in [3.05, 3.63) is 53.5 Å². The molecule has 0 atom stereocenters. The van der Waals surface area contributed by atoms with E-state index in [1.807, 2.05) is 0 Å². The van der Waals surface area contributed by atoms with Gasteiger partial charge in [-0.3, -0.25) is 4.79 Å². The fourth-order valence-corrected chi connectivity index (χ4v) is 1.51. The molecule has 2 aromatic rings. The highest BCUT2D eigenvalue weighted by atomic mass is 19.1. The fourth-order valence-electron chi connectivity index (χ4n) is 1.51. The lowest BCUT2D eigenvalue weighted by Gasteiger charge is -2.05. The number of rotatable bonds is 3. The van der Waals surface area contributed by atoms with Gasteiger partial charge in [0.1, 0.15) is 23.3 Å². The van der Waals surface area contributed by atoms with Crippen molar-refractivity contribution in [2.45, 2.75) is 13.3 Å². The molecule has 0 aliphatic heterocycles. The zero-order valence-corrected chi connectivity index (χ0v) is 10.1. The van der Waals surface area contributed by atoms with Crippen molar-refractivity contribution < 1.29 is 13.6 Å². The van der Waals surface area contributed by atoms with Crippen molar-refractivity contribution >= 4 is 11.7 Å². The van der Waals surface area contributed by atoms with Gasteiger partial charge >= 0.3 is 0 Å². The van der Waals surface area contributed by atoms with Gasteiger partial charge in [-0.25, -0.2) is 18.7 Å². The standard InChI is InChI=1S/C13H10F2N3O/c1-8-16-5-4-12(17-8)18-13(19)6-9-2-3-10(14)7-11(9)15/h2-4,7H,6H2,1H3,(H,16,17,18,19). The van der Waals surface area contributed by atoms with Crippen molar-refractivity contribution in [3.8, 4) is 0 Å². The molecular formula is C13H10F2N3O. The van der Waals surface area contributed by atoms with Crippen LogP contribution in [0.15, 0.2) is 24.3 Å². The summed E-state index contributed by atoms with van der Waals surface area (Å²) in [7, 11) is 0. The first kappa shape index (κ1) is 13.1. The van der Waals surface area contributed by atoms with Crippen LogP contribution >= 0.6 is 0 Å². The lowest BCUT2D eigenvalue weighted by atomic mass is 10.1. The number of nitrogens with zero attached hydrogens (tertiary/aromatic N) is 2. The molecule has 0 aliphatic carbocycles. The van der Waals surface area contributed by atoms with E-state index < -0.39 is 17.5 Å². The van der Waals surface area contributed by atoms with E-state index in [4.69, 9.17) is 0 Å². The molecule has 1 aromatic carbocycles. The summed E-state index contributed by atoms with van der Waals surface area (Å²) in [6, 6.07) is 4.49. The average molecular weight is 262 g/mol. The van der Waals surface area contributed by atoms with Crippen LogP contribution in [0.25, 0.3) is 0 Å². The Labute approximate surface area is 108 Å². The zero-order chi connectivity index (χ0) is 13.8. The second-order valence-corrected chi connectivity index (χ2v) is 3.89. The summed E-state index contributed by atoms with van der Waals surface area (Å²) in [6.07, 6.45) is 2.37. The Morgan fingerprint density at radius 2 is 2.21 bits per heavy atom. The summed E-state index contributed by atoms with van der Waals surface area (Å²) < 4.78 is 26.1. The summed E-state index contributed by atoms with van der Waals surface area (Å²) in [4.78, 5) is 19.4. The minimum atomic E-state index is -0.749. The highest BCUT2D eigenvalue weighted by Crippen LogP contribution is 2.11. The molecule has 1 heterocycles. The maximum absolute atomic E-state index is 13.4. The van der Waals surface area contributed by atoms with Gasteiger partial charge in [-0.2, -0.15) is 0 Å². The quantitative estimate of drug-likeness (QED) is 0.921. The molecule has 1 radical (unpaired) electrons. The van der Waals surface area contributed by atoms with Crippen LogP contribution in [0, 0.1) is 24.8 Å². The number of hydrogen-bond donors (Lipinski definition) is 1. The smallest absolute Gasteiger partial charge is 0.230 e. The van der Waals surface area contributed by atoms with E-state index in [-0.39, 0.29) is 12.0 Å². The van der Waals surface area contributed by atoms with Gasteiger partial charge in [0.15, 0.2) is 0 Å². The second kappa shape index (κ2) is 5.51. The van der Waals surface area contributed by atoms with Crippen LogP contribution in [-0.4, -0.2) is 15.9 Å². The third-order valence-electron chi connectivity index (χ3n) is 2.34. The van der Waals surface area contributed by atoms with Crippen molar-refractivity contribution in [1.82, 2.24) is 9.97 Å². The van der Waals surface area contributed by atoms with Crippen LogP contribution < -0.4 is 5.32 Å². The number of carbonyl (C=O) groups excluding carboxylic acids is 1. The van der Waals surface area contributed by atoms with Crippen molar-refractivity contribution in [2.75, 3.05) is 5.32 Å². The maximum Gasteiger partial charge on any atom is 0.230 e. The Kier molecular flexibility index (Phi) is 3.79. The van der Waals surface area contributed by atoms with Crippen LogP contribution in [0.2, 0.25) is 0 Å². The first-order chi connectivity index (χ1) is 9.04. The van der Waals surface area contributed by atoms with Gasteiger partial charge in [0, 0.05) is 12.1 Å². The number of amides is 1. The number of anilines is 1. The normalized spacial score (nSPS) is 10.3. The van der Waals surface area contributed by atoms with E-state index in [0.717, 1.165) is 12.1 Å². The number of aromatic nitrogens is 2. The Hall–Kier alpha value is -2.37. The number of aryl methyl sites for hydroxylation is 1. The summed E-state index contributed by atoms with van der Waals surface area (Å²) >= 11 is 0. The van der Waals surface area contributed by atoms with Gasteiger partial charge in [0.25, 0.3) is 0 Å². The van der Waals surface area contributed by atoms with E-state index in [1.54, 1.807) is 6.92 Å². The summed E-state index contributed by atoms with van der Waals surface area (Å²) in [6.45, 7) is 1.66. The van der Waals surface area contributed by atoms with Crippen LogP contribution in [0.1, 0.15) is 11.4 Å². The van der Waals surface area contributed by atoms with Gasteiger partial charge in [-0.05, 0) is 18.6 Å². The van der Waals surface area contributed by atoms with Gasteiger partial charge in [0.2, 0.25) is 5.91 Å². The molecule has 1 aromatic heterocycles. The number of carbonyl (C=O) groups is 1. The van der Waals surface area contributed by atoms with Crippen molar-refractivity contribution in [1.29, 1.82) is 0 Å². The predicted octanol–water partition coefficient (Wildman–Crippen LogP) is 2.04. The monoisotopic (exact) mass is 262 g/mol. The predicted molar refractivity (Wildman–Crippen MR) is 64.3 cm³/mol. The fraction of sp³-hybridized carbons (Fsp3) is 0.154. The summed E-state index contributed by atoms with van der Waals surface area (Å²) in [5, 5.41) is 2.49. The van der Waals surface area contributed by atoms with Gasteiger partial charge in [-0.15, -0.1) is 0 Å². The molecule has 97 valence electrons. The zero-order valence-electron chi connectivity index (χ0n) is 10.1. The SMILES string of the molecule is Cc1n[c]cc(NC(=O)Cc2ccc(F)cc2F)n1. The van der Waals surface area contributed by atoms with Gasteiger partial charge in [-0.1, -0.05) is 6.07 Å². The maximum atomic E-state index is 13.4. The molecule has 1 N–H and O–H groups in total. The van der Waals surface area contributed by atoms with Crippen LogP contribution in [-0.2, 0) is 11.2 Å². The third kappa shape index (κ3) is 3.54. The highest BCUT2D eigenvalue weighted by molar-refractivity contribution is 5.91. The number of nitrogens with one attached hydrogen (secondary N) is 1. The second-order valence-electron chi connectivity index (χ2n) is 3.89. The first-order valence-electron chi connectivity index (χ1n) is 5.50.